The lowest BCUT2D eigenvalue weighted by Crippen LogP contribution is -1.98. The molecule has 2 aromatic heterocycles. The third-order valence-corrected chi connectivity index (χ3v) is 4.44. The van der Waals surface area contributed by atoms with E-state index in [1.807, 2.05) is 11.6 Å². The molecule has 0 aliphatic rings. The summed E-state index contributed by atoms with van der Waals surface area (Å²) in [5.41, 5.74) is 5.79. The predicted molar refractivity (Wildman–Crippen MR) is 75.7 cm³/mol. The Morgan fingerprint density at radius 3 is 2.50 bits per heavy atom. The van der Waals surface area contributed by atoms with Gasteiger partial charge in [-0.05, 0) is 44.9 Å². The molecule has 3 aromatic rings. The molecule has 0 spiro atoms. The van der Waals surface area contributed by atoms with Gasteiger partial charge in [0.25, 0.3) is 0 Å². The molecule has 1 aromatic carbocycles. The van der Waals surface area contributed by atoms with E-state index in [-0.39, 0.29) is 0 Å². The highest BCUT2D eigenvalue weighted by Crippen LogP contribution is 2.28. The number of hydrogen-bond donors (Lipinski definition) is 0. The number of aromatic nitrogens is 3. The van der Waals surface area contributed by atoms with Crippen LogP contribution in [-0.4, -0.2) is 14.8 Å². The van der Waals surface area contributed by atoms with Crippen LogP contribution < -0.4 is 0 Å². The lowest BCUT2D eigenvalue weighted by molar-refractivity contribution is 0.827. The summed E-state index contributed by atoms with van der Waals surface area (Å²) in [6, 6.07) is 6.28. The molecule has 0 fully saturated rings. The van der Waals surface area contributed by atoms with Gasteiger partial charge in [-0.1, -0.05) is 23.5 Å². The monoisotopic (exact) mass is 257 g/mol. The Hall–Kier alpha value is -1.68. The van der Waals surface area contributed by atoms with Gasteiger partial charge < -0.3 is 0 Å². The average molecular weight is 257 g/mol. The fourth-order valence-corrected chi connectivity index (χ4v) is 3.12. The van der Waals surface area contributed by atoms with Gasteiger partial charge in [0.2, 0.25) is 5.13 Å². The van der Waals surface area contributed by atoms with Crippen molar-refractivity contribution in [3.8, 4) is 5.13 Å². The van der Waals surface area contributed by atoms with Crippen LogP contribution in [0.3, 0.4) is 0 Å². The SMILES string of the molecule is Cc1nn(-c2nc3c(C)cccc3s2)c(C)c1C. The molecular weight excluding hydrogens is 242 g/mol. The minimum Gasteiger partial charge on any atom is -0.218 e. The maximum absolute atomic E-state index is 4.72. The van der Waals surface area contributed by atoms with Gasteiger partial charge in [-0.2, -0.15) is 5.10 Å². The summed E-state index contributed by atoms with van der Waals surface area (Å²) in [6.07, 6.45) is 0. The van der Waals surface area contributed by atoms with Gasteiger partial charge in [-0.3, -0.25) is 0 Å². The van der Waals surface area contributed by atoms with Crippen molar-refractivity contribution < 1.29 is 0 Å². The highest BCUT2D eigenvalue weighted by molar-refractivity contribution is 7.20. The van der Waals surface area contributed by atoms with Crippen molar-refractivity contribution in [3.05, 3.63) is 40.7 Å². The molecule has 0 saturated heterocycles. The Bertz CT molecular complexity index is 737. The Kier molecular flexibility index (Phi) is 2.48. The van der Waals surface area contributed by atoms with Gasteiger partial charge in [0.05, 0.1) is 15.9 Å². The van der Waals surface area contributed by atoms with E-state index in [0.717, 1.165) is 16.3 Å². The first kappa shape index (κ1) is 11.4. The van der Waals surface area contributed by atoms with E-state index in [1.165, 1.54) is 21.5 Å². The fourth-order valence-electron chi connectivity index (χ4n) is 2.07. The predicted octanol–water partition coefficient (Wildman–Crippen LogP) is 3.72. The average Bonchev–Trinajstić information content (AvgIpc) is 2.88. The van der Waals surface area contributed by atoms with Crippen molar-refractivity contribution >= 4 is 21.6 Å². The number of fused-ring (bicyclic) bond motifs is 1. The lowest BCUT2D eigenvalue weighted by atomic mass is 10.2. The van der Waals surface area contributed by atoms with Crippen molar-refractivity contribution in [2.75, 3.05) is 0 Å². The first-order chi connectivity index (χ1) is 8.58. The molecule has 0 unspecified atom stereocenters. The van der Waals surface area contributed by atoms with E-state index in [0.29, 0.717) is 0 Å². The summed E-state index contributed by atoms with van der Waals surface area (Å²) in [6.45, 7) is 8.33. The van der Waals surface area contributed by atoms with Crippen LogP contribution in [-0.2, 0) is 0 Å². The lowest BCUT2D eigenvalue weighted by Gasteiger charge is -1.97. The van der Waals surface area contributed by atoms with Crippen molar-refractivity contribution in [2.45, 2.75) is 27.7 Å². The molecular formula is C14H15N3S. The number of nitrogens with zero attached hydrogens (tertiary/aromatic N) is 3. The molecule has 2 heterocycles. The van der Waals surface area contributed by atoms with E-state index in [9.17, 15) is 0 Å². The van der Waals surface area contributed by atoms with Crippen LogP contribution in [0.25, 0.3) is 15.3 Å². The van der Waals surface area contributed by atoms with Crippen LogP contribution in [0.5, 0.6) is 0 Å². The van der Waals surface area contributed by atoms with Crippen molar-refractivity contribution in [1.82, 2.24) is 14.8 Å². The number of para-hydroxylation sites is 1. The van der Waals surface area contributed by atoms with Crippen LogP contribution >= 0.6 is 11.3 Å². The molecule has 92 valence electrons. The molecule has 0 aliphatic heterocycles. The highest BCUT2D eigenvalue weighted by Gasteiger charge is 2.13. The molecule has 0 atom stereocenters. The van der Waals surface area contributed by atoms with Gasteiger partial charge in [0.15, 0.2) is 0 Å². The van der Waals surface area contributed by atoms with E-state index in [1.54, 1.807) is 11.3 Å². The molecule has 4 heteroatoms. The Labute approximate surface area is 110 Å². The Morgan fingerprint density at radius 2 is 1.89 bits per heavy atom. The van der Waals surface area contributed by atoms with Crippen molar-refractivity contribution in [3.63, 3.8) is 0 Å². The second-order valence-corrected chi connectivity index (χ2v) is 5.63. The minimum atomic E-state index is 0.952. The maximum atomic E-state index is 4.72. The normalized spacial score (nSPS) is 11.3. The Balaban J connectivity index is 2.26. The van der Waals surface area contributed by atoms with E-state index in [2.05, 4.69) is 44.1 Å². The van der Waals surface area contributed by atoms with Crippen LogP contribution in [0.2, 0.25) is 0 Å². The van der Waals surface area contributed by atoms with Crippen molar-refractivity contribution in [1.29, 1.82) is 0 Å². The van der Waals surface area contributed by atoms with E-state index < -0.39 is 0 Å². The first-order valence-electron chi connectivity index (χ1n) is 5.97. The molecule has 0 N–H and O–H groups in total. The number of hydrogen-bond acceptors (Lipinski definition) is 3. The van der Waals surface area contributed by atoms with Gasteiger partial charge in [0.1, 0.15) is 0 Å². The number of aryl methyl sites for hydroxylation is 2. The summed E-state index contributed by atoms with van der Waals surface area (Å²) in [7, 11) is 0. The number of benzene rings is 1. The van der Waals surface area contributed by atoms with Gasteiger partial charge in [0, 0.05) is 5.69 Å². The molecule has 0 radical (unpaired) electrons. The zero-order valence-corrected chi connectivity index (χ0v) is 11.8. The van der Waals surface area contributed by atoms with Crippen LogP contribution in [0.15, 0.2) is 18.2 Å². The third kappa shape index (κ3) is 1.56. The third-order valence-electron chi connectivity index (χ3n) is 3.44. The zero-order chi connectivity index (χ0) is 12.9. The molecule has 3 nitrogen and oxygen atoms in total. The molecule has 0 amide bonds. The van der Waals surface area contributed by atoms with Gasteiger partial charge >= 0.3 is 0 Å². The fraction of sp³-hybridized carbons (Fsp3) is 0.286. The summed E-state index contributed by atoms with van der Waals surface area (Å²) in [5.74, 6) is 0. The van der Waals surface area contributed by atoms with Gasteiger partial charge in [-0.15, -0.1) is 0 Å². The smallest absolute Gasteiger partial charge is 0.211 e. The standard InChI is InChI=1S/C14H15N3S/c1-8-6-5-7-12-13(8)15-14(18-12)17-11(4)9(2)10(3)16-17/h5-7H,1-4H3. The van der Waals surface area contributed by atoms with Crippen LogP contribution in [0.1, 0.15) is 22.5 Å². The van der Waals surface area contributed by atoms with E-state index in [4.69, 9.17) is 4.98 Å². The second-order valence-electron chi connectivity index (χ2n) is 4.63. The molecule has 18 heavy (non-hydrogen) atoms. The van der Waals surface area contributed by atoms with E-state index >= 15 is 0 Å². The summed E-state index contributed by atoms with van der Waals surface area (Å²) < 4.78 is 3.17. The summed E-state index contributed by atoms with van der Waals surface area (Å²) >= 11 is 1.69. The maximum Gasteiger partial charge on any atom is 0.211 e. The minimum absolute atomic E-state index is 0.952. The summed E-state index contributed by atoms with van der Waals surface area (Å²) in [4.78, 5) is 4.72. The van der Waals surface area contributed by atoms with Crippen LogP contribution in [0.4, 0.5) is 0 Å². The number of rotatable bonds is 1. The first-order valence-corrected chi connectivity index (χ1v) is 6.79. The Morgan fingerprint density at radius 1 is 1.11 bits per heavy atom. The van der Waals surface area contributed by atoms with Crippen LogP contribution in [0, 0.1) is 27.7 Å². The largest absolute Gasteiger partial charge is 0.218 e. The zero-order valence-electron chi connectivity index (χ0n) is 11.0. The summed E-state index contributed by atoms with van der Waals surface area (Å²) in [5, 5.41) is 5.52. The molecule has 0 saturated carbocycles. The molecule has 3 rings (SSSR count). The number of thiazole rings is 1. The second kappa shape index (κ2) is 3.92. The van der Waals surface area contributed by atoms with Crippen molar-refractivity contribution in [2.24, 2.45) is 0 Å². The topological polar surface area (TPSA) is 30.7 Å². The molecule has 0 aliphatic carbocycles. The quantitative estimate of drug-likeness (QED) is 0.665. The van der Waals surface area contributed by atoms with Gasteiger partial charge in [-0.25, -0.2) is 9.67 Å². The highest BCUT2D eigenvalue weighted by atomic mass is 32.1. The molecule has 0 bridgehead atoms.